The molecule has 1 atom stereocenters. The highest BCUT2D eigenvalue weighted by Crippen LogP contribution is 2.18. The van der Waals surface area contributed by atoms with Crippen LogP contribution in [0.2, 0.25) is 0 Å². The number of nitrogens with one attached hydrogen (secondary N) is 3. The molecular formula is C14H22N6O3. The van der Waals surface area contributed by atoms with Crippen molar-refractivity contribution in [2.45, 2.75) is 31.7 Å². The number of anilines is 2. The Morgan fingerprint density at radius 3 is 2.52 bits per heavy atom. The van der Waals surface area contributed by atoms with Crippen molar-refractivity contribution in [3.05, 3.63) is 23.8 Å². The second kappa shape index (κ2) is 8.59. The number of hydrogen-bond donors (Lipinski definition) is 7. The Bertz CT molecular complexity index is 590. The van der Waals surface area contributed by atoms with Gasteiger partial charge in [0.2, 0.25) is 5.91 Å². The van der Waals surface area contributed by atoms with Crippen molar-refractivity contribution in [3.8, 4) is 0 Å². The van der Waals surface area contributed by atoms with Gasteiger partial charge in [0.25, 0.3) is 5.91 Å². The number of amides is 2. The van der Waals surface area contributed by atoms with Crippen LogP contribution in [0, 0.1) is 5.41 Å². The largest absolute Gasteiger partial charge is 0.399 e. The highest BCUT2D eigenvalue weighted by molar-refractivity contribution is 6.02. The average Bonchev–Trinajstić information content (AvgIpc) is 2.49. The quantitative estimate of drug-likeness (QED) is 0.112. The number of amidine groups is 1. The number of carbonyl (C=O) groups excluding carboxylic acids is 2. The lowest BCUT2D eigenvalue weighted by Crippen LogP contribution is -2.44. The Labute approximate surface area is 133 Å². The monoisotopic (exact) mass is 322 g/mol. The summed E-state index contributed by atoms with van der Waals surface area (Å²) in [6, 6.07) is 3.48. The fourth-order valence-electron chi connectivity index (χ4n) is 2.03. The highest BCUT2D eigenvalue weighted by atomic mass is 16.5. The Morgan fingerprint density at radius 2 is 1.96 bits per heavy atom. The third kappa shape index (κ3) is 5.83. The minimum Gasteiger partial charge on any atom is -0.399 e. The lowest BCUT2D eigenvalue weighted by Gasteiger charge is -2.17. The Morgan fingerprint density at radius 1 is 1.26 bits per heavy atom. The molecule has 1 aromatic carbocycles. The van der Waals surface area contributed by atoms with E-state index in [1.54, 1.807) is 0 Å². The molecule has 0 saturated heterocycles. The molecule has 1 aromatic rings. The van der Waals surface area contributed by atoms with Gasteiger partial charge in [-0.15, -0.1) is 0 Å². The number of hydrogen-bond acceptors (Lipinski definition) is 6. The zero-order valence-electron chi connectivity index (χ0n) is 12.6. The summed E-state index contributed by atoms with van der Waals surface area (Å²) in [5.74, 6) is -1.17. The van der Waals surface area contributed by atoms with Crippen LogP contribution in [0.4, 0.5) is 11.4 Å². The molecule has 2 amide bonds. The van der Waals surface area contributed by atoms with E-state index in [-0.39, 0.29) is 17.1 Å². The van der Waals surface area contributed by atoms with Gasteiger partial charge in [-0.2, -0.15) is 0 Å². The van der Waals surface area contributed by atoms with Crippen molar-refractivity contribution in [1.82, 2.24) is 5.32 Å². The van der Waals surface area contributed by atoms with E-state index in [0.717, 1.165) is 0 Å². The lowest BCUT2D eigenvalue weighted by molar-refractivity contribution is -0.120. The molecule has 0 radical (unpaired) electrons. The molecule has 0 saturated carbocycles. The summed E-state index contributed by atoms with van der Waals surface area (Å²) in [6.07, 6.45) is 1.96. The summed E-state index contributed by atoms with van der Waals surface area (Å²) in [4.78, 5) is 23.7. The third-order valence-corrected chi connectivity index (χ3v) is 3.25. The topological polar surface area (TPSA) is 180 Å². The van der Waals surface area contributed by atoms with E-state index < -0.39 is 17.9 Å². The van der Waals surface area contributed by atoms with E-state index in [0.29, 0.717) is 31.4 Å². The van der Waals surface area contributed by atoms with Crippen LogP contribution in [-0.2, 0) is 4.79 Å². The van der Waals surface area contributed by atoms with Crippen molar-refractivity contribution in [1.29, 1.82) is 5.41 Å². The van der Waals surface area contributed by atoms with Gasteiger partial charge in [0.05, 0.1) is 17.1 Å². The number of unbranched alkanes of at least 4 members (excludes halogenated alkanes) is 1. The number of nitrogens with two attached hydrogens (primary N) is 3. The zero-order chi connectivity index (χ0) is 17.4. The van der Waals surface area contributed by atoms with Gasteiger partial charge in [-0.3, -0.25) is 25.7 Å². The average molecular weight is 322 g/mol. The predicted molar refractivity (Wildman–Crippen MR) is 87.1 cm³/mol. The van der Waals surface area contributed by atoms with E-state index in [2.05, 4.69) is 5.32 Å². The molecule has 1 rings (SSSR count). The molecule has 0 unspecified atom stereocenters. The van der Waals surface area contributed by atoms with E-state index in [4.69, 9.17) is 27.8 Å². The molecule has 0 fully saturated rings. The maximum absolute atomic E-state index is 12.3. The van der Waals surface area contributed by atoms with Crippen LogP contribution in [0.25, 0.3) is 0 Å². The molecule has 0 heterocycles. The number of nitrogen functional groups attached to an aromatic ring is 1. The summed E-state index contributed by atoms with van der Waals surface area (Å²) in [5.41, 5.74) is 18.7. The van der Waals surface area contributed by atoms with Gasteiger partial charge in [0.15, 0.2) is 0 Å². The molecule has 23 heavy (non-hydrogen) atoms. The Kier molecular flexibility index (Phi) is 6.81. The zero-order valence-corrected chi connectivity index (χ0v) is 12.6. The van der Waals surface area contributed by atoms with Gasteiger partial charge in [0.1, 0.15) is 6.04 Å². The van der Waals surface area contributed by atoms with Crippen LogP contribution >= 0.6 is 0 Å². The molecule has 0 aliphatic rings. The maximum Gasteiger partial charge on any atom is 0.254 e. The SMILES string of the molecule is N=C(N)CCCC[C@H](NC(=O)c1cc(N)ccc1NO)C(N)=O. The molecule has 0 aliphatic heterocycles. The second-order valence-corrected chi connectivity index (χ2v) is 5.12. The first-order valence-electron chi connectivity index (χ1n) is 7.08. The molecule has 0 aliphatic carbocycles. The number of primary amides is 1. The summed E-state index contributed by atoms with van der Waals surface area (Å²) < 4.78 is 0. The van der Waals surface area contributed by atoms with Gasteiger partial charge in [-0.25, -0.2) is 0 Å². The number of benzene rings is 1. The van der Waals surface area contributed by atoms with Gasteiger partial charge in [0, 0.05) is 12.1 Å². The minimum atomic E-state index is -0.859. The molecule has 9 heteroatoms. The smallest absolute Gasteiger partial charge is 0.254 e. The van der Waals surface area contributed by atoms with Crippen LogP contribution in [0.15, 0.2) is 18.2 Å². The second-order valence-electron chi connectivity index (χ2n) is 5.12. The molecule has 0 bridgehead atoms. The summed E-state index contributed by atoms with van der Waals surface area (Å²) in [7, 11) is 0. The third-order valence-electron chi connectivity index (χ3n) is 3.25. The first-order valence-corrected chi connectivity index (χ1v) is 7.08. The fourth-order valence-corrected chi connectivity index (χ4v) is 2.03. The summed E-state index contributed by atoms with van der Waals surface area (Å²) in [5, 5.41) is 18.7. The molecule has 126 valence electrons. The van der Waals surface area contributed by atoms with E-state index in [1.165, 1.54) is 18.2 Å². The molecule has 10 N–H and O–H groups in total. The van der Waals surface area contributed by atoms with Crippen LogP contribution in [0.5, 0.6) is 0 Å². The van der Waals surface area contributed by atoms with Crippen LogP contribution in [-0.4, -0.2) is 28.9 Å². The van der Waals surface area contributed by atoms with Crippen molar-refractivity contribution in [2.75, 3.05) is 11.2 Å². The fraction of sp³-hybridized carbons (Fsp3) is 0.357. The maximum atomic E-state index is 12.3. The standard InChI is InChI=1S/C14H22N6O3/c15-8-5-6-10(20-23)9(7-8)14(22)19-11(13(18)21)3-1-2-4-12(16)17/h5-7,11,20,23H,1-4,15H2,(H3,16,17)(H2,18,21)(H,19,22)/t11-/m0/s1. The van der Waals surface area contributed by atoms with Gasteiger partial charge >= 0.3 is 0 Å². The van der Waals surface area contributed by atoms with Gasteiger partial charge in [-0.05, 0) is 31.0 Å². The van der Waals surface area contributed by atoms with Gasteiger partial charge < -0.3 is 22.5 Å². The molecule has 0 aromatic heterocycles. The Balaban J connectivity index is 2.72. The normalized spacial score (nSPS) is 11.5. The molecular weight excluding hydrogens is 300 g/mol. The van der Waals surface area contributed by atoms with Crippen molar-refractivity contribution >= 4 is 29.0 Å². The van der Waals surface area contributed by atoms with Crippen molar-refractivity contribution < 1.29 is 14.8 Å². The van der Waals surface area contributed by atoms with Crippen LogP contribution in [0.1, 0.15) is 36.0 Å². The molecule has 0 spiro atoms. The summed E-state index contributed by atoms with van der Waals surface area (Å²) >= 11 is 0. The first-order chi connectivity index (χ1) is 10.8. The van der Waals surface area contributed by atoms with E-state index >= 15 is 0 Å². The Hall–Kier alpha value is -2.81. The first kappa shape index (κ1) is 18.2. The highest BCUT2D eigenvalue weighted by Gasteiger charge is 2.20. The lowest BCUT2D eigenvalue weighted by atomic mass is 10.1. The van der Waals surface area contributed by atoms with E-state index in [9.17, 15) is 9.59 Å². The number of rotatable bonds is 9. The summed E-state index contributed by atoms with van der Waals surface area (Å²) in [6.45, 7) is 0. The molecule has 9 nitrogen and oxygen atoms in total. The predicted octanol–water partition coefficient (Wildman–Crippen LogP) is 0.150. The van der Waals surface area contributed by atoms with Crippen LogP contribution < -0.4 is 28.0 Å². The van der Waals surface area contributed by atoms with Crippen molar-refractivity contribution in [3.63, 3.8) is 0 Å². The minimum absolute atomic E-state index is 0.0723. The van der Waals surface area contributed by atoms with E-state index in [1.807, 2.05) is 5.48 Å². The van der Waals surface area contributed by atoms with Crippen LogP contribution in [0.3, 0.4) is 0 Å². The number of carbonyl (C=O) groups is 2. The van der Waals surface area contributed by atoms with Gasteiger partial charge in [-0.1, -0.05) is 6.42 Å². The van der Waals surface area contributed by atoms with Crippen molar-refractivity contribution in [2.24, 2.45) is 11.5 Å².